The fourth-order valence-corrected chi connectivity index (χ4v) is 4.57. The lowest BCUT2D eigenvalue weighted by Crippen LogP contribution is -2.49. The molecule has 2 aliphatic heterocycles. The molecule has 0 saturated carbocycles. The van der Waals surface area contributed by atoms with Gasteiger partial charge in [0.15, 0.2) is 0 Å². The smallest absolute Gasteiger partial charge is 0.264 e. The lowest BCUT2D eigenvalue weighted by Gasteiger charge is -2.36. The van der Waals surface area contributed by atoms with Crippen molar-refractivity contribution in [3.63, 3.8) is 0 Å². The van der Waals surface area contributed by atoms with Crippen LogP contribution in [-0.4, -0.2) is 49.3 Å². The van der Waals surface area contributed by atoms with Crippen LogP contribution < -0.4 is 0 Å². The molecule has 1 amide bonds. The molecule has 2 saturated heterocycles. The Morgan fingerprint density at radius 3 is 2.84 bits per heavy atom. The minimum absolute atomic E-state index is 0.117. The van der Waals surface area contributed by atoms with Gasteiger partial charge in [-0.05, 0) is 37.0 Å². The predicted molar refractivity (Wildman–Crippen MR) is 99.0 cm³/mol. The summed E-state index contributed by atoms with van der Waals surface area (Å²) in [5, 5.41) is 0. The second-order valence-corrected chi connectivity index (χ2v) is 7.71. The summed E-state index contributed by atoms with van der Waals surface area (Å²) in [6, 6.07) is 14.3. The van der Waals surface area contributed by atoms with Gasteiger partial charge in [0.2, 0.25) is 0 Å². The first-order valence-corrected chi connectivity index (χ1v) is 9.78. The molecule has 0 radical (unpaired) electrons. The Morgan fingerprint density at radius 2 is 2.04 bits per heavy atom. The number of carbonyl (C=O) groups excluding carboxylic acids is 1. The van der Waals surface area contributed by atoms with Crippen molar-refractivity contribution in [1.29, 1.82) is 0 Å². The number of hydrogen-bond donors (Lipinski definition) is 0. The van der Waals surface area contributed by atoms with E-state index in [2.05, 4.69) is 12.1 Å². The zero-order valence-corrected chi connectivity index (χ0v) is 15.0. The van der Waals surface area contributed by atoms with Gasteiger partial charge in [-0.1, -0.05) is 30.3 Å². The number of morpholine rings is 1. The molecule has 2 atom stereocenters. The summed E-state index contributed by atoms with van der Waals surface area (Å²) in [5.74, 6) is 0.124. The summed E-state index contributed by atoms with van der Waals surface area (Å²) in [4.78, 5) is 17.0. The monoisotopic (exact) mass is 357 g/mol. The van der Waals surface area contributed by atoms with Crippen LogP contribution in [0, 0.1) is 0 Å². The predicted octanol–water partition coefficient (Wildman–Crippen LogP) is 3.83. The first-order chi connectivity index (χ1) is 12.3. The Morgan fingerprint density at radius 1 is 1.16 bits per heavy atom. The van der Waals surface area contributed by atoms with Gasteiger partial charge in [0.05, 0.1) is 30.2 Å². The van der Waals surface area contributed by atoms with Crippen molar-refractivity contribution in [2.45, 2.75) is 31.4 Å². The Hall–Kier alpha value is -1.69. The highest BCUT2D eigenvalue weighted by atomic mass is 32.1. The van der Waals surface area contributed by atoms with Gasteiger partial charge in [-0.25, -0.2) is 0 Å². The number of benzene rings is 1. The maximum Gasteiger partial charge on any atom is 0.264 e. The first-order valence-electron chi connectivity index (χ1n) is 8.97. The van der Waals surface area contributed by atoms with E-state index in [0.717, 1.165) is 41.2 Å². The normalized spacial score (nSPS) is 23.8. The number of thiophene rings is 1. The number of amides is 1. The number of rotatable bonds is 4. The van der Waals surface area contributed by atoms with Crippen LogP contribution in [0.3, 0.4) is 0 Å². The zero-order valence-electron chi connectivity index (χ0n) is 14.2. The van der Waals surface area contributed by atoms with E-state index in [1.54, 1.807) is 11.3 Å². The fourth-order valence-electron chi connectivity index (χ4n) is 3.60. The highest BCUT2D eigenvalue weighted by molar-refractivity contribution is 7.17. The standard InChI is InChI=1S/C20H23NO3S/c22-20(19-9-8-18(25-19)15-5-2-1-3-6-15)21-10-12-23-14-16(21)13-17-7-4-11-24-17/h1-3,5-6,8-9,16-17H,4,7,10-14H2. The van der Waals surface area contributed by atoms with Crippen molar-refractivity contribution in [3.8, 4) is 10.4 Å². The number of nitrogens with zero attached hydrogens (tertiary/aromatic N) is 1. The molecule has 1 aromatic carbocycles. The van der Waals surface area contributed by atoms with E-state index < -0.39 is 0 Å². The van der Waals surface area contributed by atoms with Crippen molar-refractivity contribution in [3.05, 3.63) is 47.3 Å². The van der Waals surface area contributed by atoms with Crippen LogP contribution >= 0.6 is 11.3 Å². The molecule has 1 aromatic heterocycles. The summed E-state index contributed by atoms with van der Waals surface area (Å²) in [6.07, 6.45) is 3.36. The van der Waals surface area contributed by atoms with Gasteiger partial charge in [-0.2, -0.15) is 0 Å². The number of hydrogen-bond acceptors (Lipinski definition) is 4. The van der Waals surface area contributed by atoms with Crippen molar-refractivity contribution in [2.24, 2.45) is 0 Å². The van der Waals surface area contributed by atoms with Crippen LogP contribution in [0.5, 0.6) is 0 Å². The molecule has 2 aromatic rings. The molecule has 4 nitrogen and oxygen atoms in total. The van der Waals surface area contributed by atoms with Gasteiger partial charge in [-0.15, -0.1) is 11.3 Å². The van der Waals surface area contributed by atoms with Gasteiger partial charge < -0.3 is 14.4 Å². The lowest BCUT2D eigenvalue weighted by molar-refractivity contribution is -0.0202. The summed E-state index contributed by atoms with van der Waals surface area (Å²) < 4.78 is 11.4. The Bertz CT molecular complexity index is 709. The topological polar surface area (TPSA) is 38.8 Å². The van der Waals surface area contributed by atoms with E-state index in [1.807, 2.05) is 35.2 Å². The van der Waals surface area contributed by atoms with E-state index in [1.165, 1.54) is 0 Å². The molecule has 0 bridgehead atoms. The molecule has 0 aliphatic carbocycles. The molecule has 4 rings (SSSR count). The van der Waals surface area contributed by atoms with Crippen LogP contribution in [0.25, 0.3) is 10.4 Å². The van der Waals surface area contributed by atoms with Gasteiger partial charge in [-0.3, -0.25) is 4.79 Å². The maximum absolute atomic E-state index is 13.1. The second kappa shape index (κ2) is 7.68. The molecule has 0 N–H and O–H groups in total. The lowest BCUT2D eigenvalue weighted by atomic mass is 10.0. The fraction of sp³-hybridized carbons (Fsp3) is 0.450. The average Bonchev–Trinajstić information content (AvgIpc) is 3.34. The average molecular weight is 357 g/mol. The van der Waals surface area contributed by atoms with Crippen molar-refractivity contribution in [1.82, 2.24) is 4.90 Å². The van der Waals surface area contributed by atoms with Crippen LogP contribution in [-0.2, 0) is 9.47 Å². The molecular weight excluding hydrogens is 334 g/mol. The third-order valence-corrected chi connectivity index (χ3v) is 6.04. The quantitative estimate of drug-likeness (QED) is 0.835. The second-order valence-electron chi connectivity index (χ2n) is 6.63. The molecule has 5 heteroatoms. The minimum Gasteiger partial charge on any atom is -0.378 e. The van der Waals surface area contributed by atoms with E-state index >= 15 is 0 Å². The van der Waals surface area contributed by atoms with E-state index in [4.69, 9.17) is 9.47 Å². The van der Waals surface area contributed by atoms with E-state index in [0.29, 0.717) is 19.8 Å². The molecular formula is C20H23NO3S. The Kier molecular flexibility index (Phi) is 5.15. The SMILES string of the molecule is O=C(c1ccc(-c2ccccc2)s1)N1CCOCC1CC1CCCO1. The highest BCUT2D eigenvalue weighted by Gasteiger charge is 2.32. The van der Waals surface area contributed by atoms with Crippen LogP contribution in [0.4, 0.5) is 0 Å². The van der Waals surface area contributed by atoms with Crippen molar-refractivity contribution in [2.75, 3.05) is 26.4 Å². The van der Waals surface area contributed by atoms with Crippen LogP contribution in [0.15, 0.2) is 42.5 Å². The van der Waals surface area contributed by atoms with Gasteiger partial charge >= 0.3 is 0 Å². The third-order valence-electron chi connectivity index (χ3n) is 4.92. The molecule has 2 fully saturated rings. The Balaban J connectivity index is 1.49. The Labute approximate surface area is 152 Å². The van der Waals surface area contributed by atoms with Gasteiger partial charge in [0.25, 0.3) is 5.91 Å². The molecule has 2 aliphatic rings. The van der Waals surface area contributed by atoms with Crippen LogP contribution in [0.2, 0.25) is 0 Å². The summed E-state index contributed by atoms with van der Waals surface area (Å²) >= 11 is 1.57. The summed E-state index contributed by atoms with van der Waals surface area (Å²) in [7, 11) is 0. The first kappa shape index (κ1) is 16.8. The van der Waals surface area contributed by atoms with Gasteiger partial charge in [0.1, 0.15) is 0 Å². The van der Waals surface area contributed by atoms with Gasteiger partial charge in [0, 0.05) is 18.0 Å². The minimum atomic E-state index is 0.117. The van der Waals surface area contributed by atoms with Crippen LogP contribution in [0.1, 0.15) is 28.9 Å². The maximum atomic E-state index is 13.1. The third kappa shape index (κ3) is 3.78. The molecule has 0 spiro atoms. The van der Waals surface area contributed by atoms with Crippen molar-refractivity contribution >= 4 is 17.2 Å². The molecule has 2 unspecified atom stereocenters. The van der Waals surface area contributed by atoms with Crippen molar-refractivity contribution < 1.29 is 14.3 Å². The summed E-state index contributed by atoms with van der Waals surface area (Å²) in [5.41, 5.74) is 1.16. The largest absolute Gasteiger partial charge is 0.378 e. The highest BCUT2D eigenvalue weighted by Crippen LogP contribution is 2.30. The summed E-state index contributed by atoms with van der Waals surface area (Å²) in [6.45, 7) is 2.74. The zero-order chi connectivity index (χ0) is 17.1. The van der Waals surface area contributed by atoms with E-state index in [9.17, 15) is 4.79 Å². The number of ether oxygens (including phenoxy) is 2. The molecule has 25 heavy (non-hydrogen) atoms. The molecule has 132 valence electrons. The molecule has 3 heterocycles. The van der Waals surface area contributed by atoms with E-state index in [-0.39, 0.29) is 18.1 Å². The number of carbonyl (C=O) groups is 1.